The summed E-state index contributed by atoms with van der Waals surface area (Å²) in [5.74, 6) is 0.947. The number of hydrogen-bond donors (Lipinski definition) is 1. The summed E-state index contributed by atoms with van der Waals surface area (Å²) in [4.78, 5) is 28.3. The molecule has 0 saturated heterocycles. The van der Waals surface area contributed by atoms with E-state index in [0.29, 0.717) is 11.7 Å². The number of fused-ring (bicyclic) bond motifs is 1. The topological polar surface area (TPSA) is 65.1 Å². The van der Waals surface area contributed by atoms with E-state index in [0.717, 1.165) is 42.1 Å². The van der Waals surface area contributed by atoms with Crippen molar-refractivity contribution in [2.24, 2.45) is 0 Å². The monoisotopic (exact) mass is 331 g/mol. The molecule has 23 heavy (non-hydrogen) atoms. The molecule has 3 heterocycles. The van der Waals surface area contributed by atoms with E-state index in [1.54, 1.807) is 0 Å². The number of aromatic amines is 1. The summed E-state index contributed by atoms with van der Waals surface area (Å²) < 4.78 is 0. The Morgan fingerprint density at radius 2 is 2.22 bits per heavy atom. The molecule has 0 amide bonds. The first kappa shape index (κ1) is 16.0. The molecule has 1 aliphatic rings. The van der Waals surface area contributed by atoms with Crippen LogP contribution in [0.4, 0.5) is 5.82 Å². The predicted molar refractivity (Wildman–Crippen MR) is 93.0 cm³/mol. The van der Waals surface area contributed by atoms with Gasteiger partial charge < -0.3 is 9.88 Å². The van der Waals surface area contributed by atoms with Crippen LogP contribution in [0, 0.1) is 0 Å². The Bertz CT molecular complexity index is 741. The number of anilines is 1. The van der Waals surface area contributed by atoms with Gasteiger partial charge in [0.1, 0.15) is 5.82 Å². The highest BCUT2D eigenvalue weighted by molar-refractivity contribution is 7.98. The molecule has 0 atom stereocenters. The number of hydrogen-bond acceptors (Lipinski definition) is 6. The van der Waals surface area contributed by atoms with Gasteiger partial charge in [-0.15, -0.1) is 0 Å². The largest absolute Gasteiger partial charge is 0.363 e. The number of pyridine rings is 1. The third-order valence-electron chi connectivity index (χ3n) is 3.99. The van der Waals surface area contributed by atoms with Crippen LogP contribution in [0.5, 0.6) is 0 Å². The predicted octanol–water partition coefficient (Wildman–Crippen LogP) is 1.51. The van der Waals surface area contributed by atoms with Crippen LogP contribution in [-0.4, -0.2) is 46.7 Å². The summed E-state index contributed by atoms with van der Waals surface area (Å²) in [5, 5.41) is 0.700. The molecule has 6 nitrogen and oxygen atoms in total. The molecule has 0 saturated carbocycles. The minimum Gasteiger partial charge on any atom is -0.363 e. The van der Waals surface area contributed by atoms with E-state index in [-0.39, 0.29) is 5.56 Å². The van der Waals surface area contributed by atoms with Crippen molar-refractivity contribution < 1.29 is 0 Å². The summed E-state index contributed by atoms with van der Waals surface area (Å²) in [7, 11) is 3.96. The van der Waals surface area contributed by atoms with E-state index >= 15 is 0 Å². The number of nitrogens with zero attached hydrogens (tertiary/aromatic N) is 4. The highest BCUT2D eigenvalue weighted by Gasteiger charge is 2.21. The first-order chi connectivity index (χ1) is 11.1. The molecule has 1 aliphatic heterocycles. The Morgan fingerprint density at radius 1 is 1.39 bits per heavy atom. The SMILES string of the molecule is CSc1nc2c(c(=O)[nH]1)CN(Cc1ccc(N(C)C)nc1)CC2. The lowest BCUT2D eigenvalue weighted by atomic mass is 10.1. The van der Waals surface area contributed by atoms with Gasteiger partial charge in [-0.3, -0.25) is 9.69 Å². The third-order valence-corrected chi connectivity index (χ3v) is 4.57. The summed E-state index contributed by atoms with van der Waals surface area (Å²) in [5.41, 5.74) is 2.89. The van der Waals surface area contributed by atoms with Gasteiger partial charge in [-0.1, -0.05) is 17.8 Å². The van der Waals surface area contributed by atoms with Gasteiger partial charge in [-0.05, 0) is 17.9 Å². The van der Waals surface area contributed by atoms with E-state index in [1.165, 1.54) is 11.8 Å². The van der Waals surface area contributed by atoms with Gasteiger partial charge in [0.05, 0.1) is 11.3 Å². The number of H-pyrrole nitrogens is 1. The molecular weight excluding hydrogens is 310 g/mol. The molecule has 0 bridgehead atoms. The Balaban J connectivity index is 1.73. The number of nitrogens with one attached hydrogen (secondary N) is 1. The molecule has 0 aromatic carbocycles. The van der Waals surface area contributed by atoms with Crippen LogP contribution in [0.2, 0.25) is 0 Å². The molecule has 2 aromatic heterocycles. The quantitative estimate of drug-likeness (QED) is 0.677. The average molecular weight is 331 g/mol. The van der Waals surface area contributed by atoms with Gasteiger partial charge in [0.2, 0.25) is 0 Å². The normalized spacial score (nSPS) is 14.6. The molecule has 1 N–H and O–H groups in total. The lowest BCUT2D eigenvalue weighted by molar-refractivity contribution is 0.240. The molecule has 0 radical (unpaired) electrons. The highest BCUT2D eigenvalue weighted by Crippen LogP contribution is 2.18. The van der Waals surface area contributed by atoms with Crippen LogP contribution in [-0.2, 0) is 19.5 Å². The number of thioether (sulfide) groups is 1. The molecule has 3 rings (SSSR count). The lowest BCUT2D eigenvalue weighted by Gasteiger charge is -2.27. The van der Waals surface area contributed by atoms with Gasteiger partial charge in [-0.2, -0.15) is 0 Å². The Labute approximate surface area is 140 Å². The standard InChI is InChI=1S/C16H21N5OS/c1-20(2)14-5-4-11(8-17-14)9-21-7-6-13-12(10-21)15(22)19-16(18-13)23-3/h4-5,8H,6-7,9-10H2,1-3H3,(H,18,19,22). The Kier molecular flexibility index (Phi) is 4.68. The summed E-state index contributed by atoms with van der Waals surface area (Å²) >= 11 is 1.47. The van der Waals surface area contributed by atoms with Crippen LogP contribution < -0.4 is 10.5 Å². The summed E-state index contributed by atoms with van der Waals surface area (Å²) in [6.45, 7) is 2.35. The fraction of sp³-hybridized carbons (Fsp3) is 0.438. The zero-order valence-electron chi connectivity index (χ0n) is 13.7. The Morgan fingerprint density at radius 3 is 2.87 bits per heavy atom. The molecule has 122 valence electrons. The second-order valence-electron chi connectivity index (χ2n) is 5.88. The first-order valence-corrected chi connectivity index (χ1v) is 8.80. The Hall–Kier alpha value is -1.86. The van der Waals surface area contributed by atoms with Crippen LogP contribution in [0.1, 0.15) is 16.8 Å². The van der Waals surface area contributed by atoms with Gasteiger partial charge in [-0.25, -0.2) is 9.97 Å². The van der Waals surface area contributed by atoms with E-state index in [4.69, 9.17) is 0 Å². The summed E-state index contributed by atoms with van der Waals surface area (Å²) in [6, 6.07) is 4.11. The fourth-order valence-electron chi connectivity index (χ4n) is 2.72. The van der Waals surface area contributed by atoms with Gasteiger partial charge >= 0.3 is 0 Å². The molecule has 2 aromatic rings. The van der Waals surface area contributed by atoms with Crippen LogP contribution >= 0.6 is 11.8 Å². The first-order valence-electron chi connectivity index (χ1n) is 7.57. The number of aromatic nitrogens is 3. The fourth-order valence-corrected chi connectivity index (χ4v) is 3.12. The molecular formula is C16H21N5OS. The van der Waals surface area contributed by atoms with Crippen LogP contribution in [0.25, 0.3) is 0 Å². The molecule has 7 heteroatoms. The average Bonchev–Trinajstić information content (AvgIpc) is 2.55. The smallest absolute Gasteiger partial charge is 0.256 e. The maximum absolute atomic E-state index is 12.2. The van der Waals surface area contributed by atoms with Crippen molar-refractivity contribution in [1.82, 2.24) is 19.9 Å². The zero-order chi connectivity index (χ0) is 16.4. The maximum atomic E-state index is 12.2. The van der Waals surface area contributed by atoms with Gasteiger partial charge in [0.25, 0.3) is 5.56 Å². The third kappa shape index (κ3) is 3.56. The molecule has 0 aliphatic carbocycles. The molecule has 0 fully saturated rings. The zero-order valence-corrected chi connectivity index (χ0v) is 14.5. The second kappa shape index (κ2) is 6.72. The highest BCUT2D eigenvalue weighted by atomic mass is 32.2. The van der Waals surface area contributed by atoms with E-state index in [9.17, 15) is 4.79 Å². The van der Waals surface area contributed by atoms with E-state index < -0.39 is 0 Å². The van der Waals surface area contributed by atoms with Crippen molar-refractivity contribution in [1.29, 1.82) is 0 Å². The maximum Gasteiger partial charge on any atom is 0.256 e. The van der Waals surface area contributed by atoms with Crippen molar-refractivity contribution >= 4 is 17.6 Å². The molecule has 0 spiro atoms. The lowest BCUT2D eigenvalue weighted by Crippen LogP contribution is -2.35. The van der Waals surface area contributed by atoms with Crippen molar-refractivity contribution in [3.8, 4) is 0 Å². The molecule has 0 unspecified atom stereocenters. The minimum absolute atomic E-state index is 0.00914. The van der Waals surface area contributed by atoms with E-state index in [1.807, 2.05) is 37.5 Å². The van der Waals surface area contributed by atoms with Crippen LogP contribution in [0.15, 0.2) is 28.3 Å². The minimum atomic E-state index is -0.00914. The van der Waals surface area contributed by atoms with Crippen molar-refractivity contribution in [2.75, 3.05) is 31.8 Å². The van der Waals surface area contributed by atoms with Crippen LogP contribution in [0.3, 0.4) is 0 Å². The summed E-state index contributed by atoms with van der Waals surface area (Å²) in [6.07, 6.45) is 4.64. The second-order valence-corrected chi connectivity index (χ2v) is 6.68. The van der Waals surface area contributed by atoms with Crippen molar-refractivity contribution in [3.05, 3.63) is 45.5 Å². The van der Waals surface area contributed by atoms with Gasteiger partial charge in [0.15, 0.2) is 5.16 Å². The van der Waals surface area contributed by atoms with Crippen molar-refractivity contribution in [2.45, 2.75) is 24.7 Å². The number of rotatable bonds is 4. The van der Waals surface area contributed by atoms with Gasteiger partial charge in [0, 0.05) is 46.3 Å². The van der Waals surface area contributed by atoms with E-state index in [2.05, 4.69) is 25.9 Å². The van der Waals surface area contributed by atoms with Crippen molar-refractivity contribution in [3.63, 3.8) is 0 Å².